The second kappa shape index (κ2) is 6.19. The van der Waals surface area contributed by atoms with Crippen molar-refractivity contribution >= 4 is 5.97 Å². The van der Waals surface area contributed by atoms with E-state index in [0.717, 1.165) is 6.92 Å². The van der Waals surface area contributed by atoms with Crippen LogP contribution in [0.2, 0.25) is 0 Å². The molecule has 124 valence electrons. The summed E-state index contributed by atoms with van der Waals surface area (Å²) in [6.07, 6.45) is -3.67. The van der Waals surface area contributed by atoms with Crippen LogP contribution in [-0.4, -0.2) is 33.0 Å². The Morgan fingerprint density at radius 1 is 1.38 bits per heavy atom. The molecule has 1 heterocycles. The topological polar surface area (TPSA) is 68.5 Å². The number of nitrogens with one attached hydrogen (secondary N) is 1. The van der Waals surface area contributed by atoms with Crippen molar-refractivity contribution in [3.63, 3.8) is 0 Å². The average molecular weight is 422 g/mol. The van der Waals surface area contributed by atoms with Crippen LogP contribution in [0.3, 0.4) is 0 Å². The average Bonchev–Trinajstić information content (AvgIpc) is 3.21. The van der Waals surface area contributed by atoms with Gasteiger partial charge in [0.25, 0.3) is 0 Å². The first-order valence-electron chi connectivity index (χ1n) is 7.02. The van der Waals surface area contributed by atoms with Gasteiger partial charge in [-0.05, 0) is 0 Å². The van der Waals surface area contributed by atoms with Crippen LogP contribution in [-0.2, 0) is 9.53 Å². The molecule has 21 heavy (non-hydrogen) atoms. The van der Waals surface area contributed by atoms with E-state index in [0.29, 0.717) is 19.3 Å². The van der Waals surface area contributed by atoms with Crippen LogP contribution in [0.25, 0.3) is 0 Å². The van der Waals surface area contributed by atoms with Crippen molar-refractivity contribution in [1.29, 1.82) is 0 Å². The van der Waals surface area contributed by atoms with Crippen LogP contribution >= 0.6 is 0 Å². The second-order valence-electron chi connectivity index (χ2n) is 5.92. The van der Waals surface area contributed by atoms with Crippen LogP contribution in [0, 0.1) is 11.8 Å². The van der Waals surface area contributed by atoms with Crippen LogP contribution in [0.5, 0.6) is 0 Å². The Bertz CT molecular complexity index is 399. The van der Waals surface area contributed by atoms with E-state index in [-0.39, 0.29) is 37.9 Å². The van der Waals surface area contributed by atoms with Crippen molar-refractivity contribution in [2.24, 2.45) is 11.8 Å². The molecule has 8 heteroatoms. The first kappa shape index (κ1) is 17.3. The summed E-state index contributed by atoms with van der Waals surface area (Å²) < 4.78 is 47.7. The number of hydrogen-bond acceptors (Lipinski definition) is 4. The van der Waals surface area contributed by atoms with Gasteiger partial charge in [0, 0.05) is 0 Å². The zero-order valence-corrected chi connectivity index (χ0v) is 14.1. The van der Waals surface area contributed by atoms with E-state index in [1.165, 1.54) is 0 Å². The van der Waals surface area contributed by atoms with Crippen molar-refractivity contribution in [2.45, 2.75) is 61.5 Å². The molecule has 0 aromatic carbocycles. The number of ether oxygens (including phenoxy) is 1. The molecule has 2 N–H and O–H groups in total. The standard InChI is InChI=1S/C13H20F3INO3/c1-7(10-17-18-10)11(19)21-9-6-4-3-5-8(9)12(2,20)13(14,15)16/h7-10,18,20H,3-6H2,1-2H3/q-1. The normalized spacial score (nSPS) is 34.3. The molecule has 0 amide bonds. The molecule has 1 saturated heterocycles. The van der Waals surface area contributed by atoms with Gasteiger partial charge in [-0.2, -0.15) is 0 Å². The molecule has 0 aromatic heterocycles. The molecule has 2 fully saturated rings. The van der Waals surface area contributed by atoms with Crippen LogP contribution in [0.1, 0.15) is 39.5 Å². The van der Waals surface area contributed by atoms with E-state index in [1.54, 1.807) is 6.92 Å². The fourth-order valence-electron chi connectivity index (χ4n) is 2.69. The zero-order valence-electron chi connectivity index (χ0n) is 11.9. The second-order valence-corrected chi connectivity index (χ2v) is 8.51. The third-order valence-electron chi connectivity index (χ3n) is 4.31. The summed E-state index contributed by atoms with van der Waals surface area (Å²) in [6, 6.07) is 0. The van der Waals surface area contributed by atoms with Gasteiger partial charge in [0.15, 0.2) is 0 Å². The fraction of sp³-hybridized carbons (Fsp3) is 0.923. The quantitative estimate of drug-likeness (QED) is 0.152. The van der Waals surface area contributed by atoms with Crippen LogP contribution < -0.4 is 25.0 Å². The summed E-state index contributed by atoms with van der Waals surface area (Å²) in [7, 11) is 0. The maximum absolute atomic E-state index is 13.0. The number of carbonyl (C=O) groups is 1. The first-order chi connectivity index (χ1) is 9.64. The maximum atomic E-state index is 13.0. The number of rotatable bonds is 4. The van der Waals surface area contributed by atoms with Gasteiger partial charge in [-0.15, -0.1) is 0 Å². The molecule has 5 atom stereocenters. The number of halogens is 4. The number of esters is 1. The van der Waals surface area contributed by atoms with E-state index in [2.05, 4.69) is 3.53 Å². The van der Waals surface area contributed by atoms with Crippen molar-refractivity contribution in [2.75, 3.05) is 0 Å². The Labute approximate surface area is 132 Å². The summed E-state index contributed by atoms with van der Waals surface area (Å²) in [6.45, 7) is 2.51. The predicted octanol–water partition coefficient (Wildman–Crippen LogP) is -1.03. The summed E-state index contributed by atoms with van der Waals surface area (Å²) in [5, 5.41) is 9.90. The molecule has 2 rings (SSSR count). The van der Waals surface area contributed by atoms with Gasteiger partial charge >= 0.3 is 132 Å². The number of aliphatic hydroxyl groups is 1. The van der Waals surface area contributed by atoms with Gasteiger partial charge in [0.1, 0.15) is 0 Å². The molecular formula is C13H20F3INO3-. The molecule has 0 radical (unpaired) electrons. The Morgan fingerprint density at radius 3 is 2.48 bits per heavy atom. The number of alkyl halides is 4. The van der Waals surface area contributed by atoms with Gasteiger partial charge in [-0.1, -0.05) is 0 Å². The molecule has 0 aromatic rings. The van der Waals surface area contributed by atoms with Gasteiger partial charge in [-0.25, -0.2) is 0 Å². The molecule has 1 saturated carbocycles. The Balaban J connectivity index is 2.06. The SMILES string of the molecule is CC(C(=O)OC1CCCCC1C(C)(O)C(F)(F)F)C1N[I-]1. The van der Waals surface area contributed by atoms with Gasteiger partial charge in [-0.3, -0.25) is 0 Å². The molecule has 0 spiro atoms. The molecule has 4 nitrogen and oxygen atoms in total. The minimum atomic E-state index is -4.73. The third-order valence-corrected chi connectivity index (χ3v) is 6.73. The Hall–Kier alpha value is -0.0900. The van der Waals surface area contributed by atoms with Gasteiger partial charge < -0.3 is 0 Å². The molecule has 2 aliphatic rings. The summed E-state index contributed by atoms with van der Waals surface area (Å²) in [5.41, 5.74) is -2.83. The van der Waals surface area contributed by atoms with Crippen LogP contribution in [0.15, 0.2) is 0 Å². The molecule has 5 unspecified atom stereocenters. The van der Waals surface area contributed by atoms with E-state index in [1.807, 2.05) is 0 Å². The fourth-order valence-corrected chi connectivity index (χ4v) is 4.27. The molecule has 1 aliphatic heterocycles. The zero-order chi connectivity index (χ0) is 15.8. The summed E-state index contributed by atoms with van der Waals surface area (Å²) >= 11 is -0.158. The Kier molecular flexibility index (Phi) is 5.09. The van der Waals surface area contributed by atoms with Crippen molar-refractivity contribution in [1.82, 2.24) is 3.53 Å². The minimum absolute atomic E-state index is 0.158. The summed E-state index contributed by atoms with van der Waals surface area (Å²) in [4.78, 5) is 12.0. The molecule has 0 bridgehead atoms. The third kappa shape index (κ3) is 3.82. The van der Waals surface area contributed by atoms with Crippen molar-refractivity contribution < 1.29 is 49.3 Å². The van der Waals surface area contributed by atoms with Gasteiger partial charge in [0.05, 0.1) is 0 Å². The first-order valence-corrected chi connectivity index (χ1v) is 9.34. The monoisotopic (exact) mass is 422 g/mol. The van der Waals surface area contributed by atoms with E-state index >= 15 is 0 Å². The van der Waals surface area contributed by atoms with E-state index in [4.69, 9.17) is 4.74 Å². The summed E-state index contributed by atoms with van der Waals surface area (Å²) in [5.74, 6) is -1.87. The Morgan fingerprint density at radius 2 is 1.95 bits per heavy atom. The molecular weight excluding hydrogens is 402 g/mol. The number of hydrogen-bond donors (Lipinski definition) is 2. The van der Waals surface area contributed by atoms with Gasteiger partial charge in [0.2, 0.25) is 0 Å². The van der Waals surface area contributed by atoms with Crippen LogP contribution in [0.4, 0.5) is 13.2 Å². The molecule has 1 aliphatic carbocycles. The van der Waals surface area contributed by atoms with E-state index in [9.17, 15) is 23.1 Å². The van der Waals surface area contributed by atoms with E-state index < -0.39 is 29.8 Å². The van der Waals surface area contributed by atoms with Crippen molar-refractivity contribution in [3.05, 3.63) is 0 Å². The van der Waals surface area contributed by atoms with Crippen molar-refractivity contribution in [3.8, 4) is 0 Å². The number of carbonyl (C=O) groups excluding carboxylic acids is 1. The predicted molar refractivity (Wildman–Crippen MR) is 64.6 cm³/mol.